The quantitative estimate of drug-likeness (QED) is 0.445. The molecule has 7 heteroatoms. The summed E-state index contributed by atoms with van der Waals surface area (Å²) in [4.78, 5) is 10.3. The summed E-state index contributed by atoms with van der Waals surface area (Å²) in [6, 6.07) is 16.9. The molecule has 1 N–H and O–H groups in total. The zero-order valence-corrected chi connectivity index (χ0v) is 15.5. The van der Waals surface area contributed by atoms with Crippen molar-refractivity contribution in [1.29, 1.82) is 0 Å². The zero-order chi connectivity index (χ0) is 19.6. The summed E-state index contributed by atoms with van der Waals surface area (Å²) < 4.78 is 38.0. The molecular weight excluding hydrogens is 383 g/mol. The number of rotatable bonds is 5. The second-order valence-electron chi connectivity index (χ2n) is 6.26. The molecule has 0 aliphatic rings. The standard InChI is InChI=1S/C21H16F3N3S/c22-21(23,24)15-9-7-14(8-10-15)11-12-25-19-16-4-1-2-5-17(16)26-20(27-19)18-6-3-13-28-18/h1-10,13H,11-12H2,(H,25,26,27). The summed E-state index contributed by atoms with van der Waals surface area (Å²) >= 11 is 1.57. The lowest BCUT2D eigenvalue weighted by Crippen LogP contribution is -2.09. The summed E-state index contributed by atoms with van der Waals surface area (Å²) in [5.41, 5.74) is 1.04. The lowest BCUT2D eigenvalue weighted by atomic mass is 10.1. The van der Waals surface area contributed by atoms with Gasteiger partial charge < -0.3 is 5.32 Å². The molecule has 0 saturated heterocycles. The first-order valence-corrected chi connectivity index (χ1v) is 9.59. The third-order valence-corrected chi connectivity index (χ3v) is 5.20. The van der Waals surface area contributed by atoms with Crippen LogP contribution in [0.5, 0.6) is 0 Å². The average molecular weight is 399 g/mol. The van der Waals surface area contributed by atoms with Gasteiger partial charge in [-0.05, 0) is 47.7 Å². The van der Waals surface area contributed by atoms with E-state index in [-0.39, 0.29) is 0 Å². The van der Waals surface area contributed by atoms with Gasteiger partial charge in [0, 0.05) is 11.9 Å². The normalized spacial score (nSPS) is 11.7. The van der Waals surface area contributed by atoms with Crippen molar-refractivity contribution in [2.45, 2.75) is 12.6 Å². The Hall–Kier alpha value is -2.93. The van der Waals surface area contributed by atoms with Crippen molar-refractivity contribution < 1.29 is 13.2 Å². The van der Waals surface area contributed by atoms with Crippen molar-refractivity contribution in [3.8, 4) is 10.7 Å². The van der Waals surface area contributed by atoms with Crippen LogP contribution in [0.15, 0.2) is 66.0 Å². The third-order valence-electron chi connectivity index (χ3n) is 4.33. The maximum absolute atomic E-state index is 12.7. The molecule has 2 heterocycles. The van der Waals surface area contributed by atoms with Crippen LogP contribution in [0.4, 0.5) is 19.0 Å². The van der Waals surface area contributed by atoms with Crippen LogP contribution in [0.3, 0.4) is 0 Å². The summed E-state index contributed by atoms with van der Waals surface area (Å²) in [5.74, 6) is 1.38. The predicted molar refractivity (Wildman–Crippen MR) is 106 cm³/mol. The average Bonchev–Trinajstić information content (AvgIpc) is 3.22. The zero-order valence-electron chi connectivity index (χ0n) is 14.7. The number of halogens is 3. The van der Waals surface area contributed by atoms with Crippen LogP contribution in [0, 0.1) is 0 Å². The Kier molecular flexibility index (Phi) is 5.00. The summed E-state index contributed by atoms with van der Waals surface area (Å²) in [6.45, 7) is 0.552. The van der Waals surface area contributed by atoms with Gasteiger partial charge in [0.25, 0.3) is 0 Å². The molecule has 0 spiro atoms. The Morgan fingerprint density at radius 3 is 2.39 bits per heavy atom. The minimum atomic E-state index is -4.31. The summed E-state index contributed by atoms with van der Waals surface area (Å²) in [7, 11) is 0. The number of alkyl halides is 3. The van der Waals surface area contributed by atoms with E-state index in [2.05, 4.69) is 15.3 Å². The van der Waals surface area contributed by atoms with Crippen LogP contribution in [-0.4, -0.2) is 16.5 Å². The first-order valence-electron chi connectivity index (χ1n) is 8.71. The minimum Gasteiger partial charge on any atom is -0.369 e. The summed E-state index contributed by atoms with van der Waals surface area (Å²) in [5, 5.41) is 6.20. The van der Waals surface area contributed by atoms with E-state index in [4.69, 9.17) is 0 Å². The van der Waals surface area contributed by atoms with E-state index in [0.29, 0.717) is 18.8 Å². The van der Waals surface area contributed by atoms with Crippen LogP contribution in [0.2, 0.25) is 0 Å². The number of benzene rings is 2. The number of fused-ring (bicyclic) bond motifs is 1. The maximum atomic E-state index is 12.7. The molecule has 0 amide bonds. The smallest absolute Gasteiger partial charge is 0.369 e. The molecule has 0 aliphatic carbocycles. The van der Waals surface area contributed by atoms with Gasteiger partial charge in [-0.1, -0.05) is 30.3 Å². The molecule has 0 fully saturated rings. The van der Waals surface area contributed by atoms with Crippen molar-refractivity contribution in [3.63, 3.8) is 0 Å². The molecule has 0 atom stereocenters. The first kappa shape index (κ1) is 18.4. The van der Waals surface area contributed by atoms with Crippen molar-refractivity contribution in [2.24, 2.45) is 0 Å². The SMILES string of the molecule is FC(F)(F)c1ccc(CCNc2nc(-c3cccs3)nc3ccccc23)cc1. The molecule has 0 radical (unpaired) electrons. The van der Waals surface area contributed by atoms with Crippen LogP contribution in [0.1, 0.15) is 11.1 Å². The molecule has 0 saturated carbocycles. The van der Waals surface area contributed by atoms with Crippen LogP contribution in [-0.2, 0) is 12.6 Å². The largest absolute Gasteiger partial charge is 0.416 e. The molecule has 0 aliphatic heterocycles. The van der Waals surface area contributed by atoms with Crippen molar-refractivity contribution in [2.75, 3.05) is 11.9 Å². The molecule has 4 rings (SSSR count). The highest BCUT2D eigenvalue weighted by Gasteiger charge is 2.29. The predicted octanol–water partition coefficient (Wildman–Crippen LogP) is 6.03. The van der Waals surface area contributed by atoms with Crippen molar-refractivity contribution in [1.82, 2.24) is 9.97 Å². The van der Waals surface area contributed by atoms with Gasteiger partial charge in [0.15, 0.2) is 5.82 Å². The number of hydrogen-bond donors (Lipinski definition) is 1. The molecule has 0 unspecified atom stereocenters. The van der Waals surface area contributed by atoms with E-state index in [1.807, 2.05) is 41.8 Å². The molecular formula is C21H16F3N3S. The van der Waals surface area contributed by atoms with Gasteiger partial charge in [0.2, 0.25) is 0 Å². The monoisotopic (exact) mass is 399 g/mol. The van der Waals surface area contributed by atoms with Gasteiger partial charge in [-0.25, -0.2) is 9.97 Å². The van der Waals surface area contributed by atoms with E-state index in [1.54, 1.807) is 11.3 Å². The third kappa shape index (κ3) is 3.99. The molecule has 28 heavy (non-hydrogen) atoms. The van der Waals surface area contributed by atoms with Gasteiger partial charge in [0.1, 0.15) is 5.82 Å². The van der Waals surface area contributed by atoms with Crippen LogP contribution < -0.4 is 5.32 Å². The fourth-order valence-corrected chi connectivity index (χ4v) is 3.57. The number of thiophene rings is 1. The molecule has 142 valence electrons. The molecule has 0 bridgehead atoms. The van der Waals surface area contributed by atoms with Gasteiger partial charge >= 0.3 is 6.18 Å². The number of para-hydroxylation sites is 1. The second kappa shape index (κ2) is 7.59. The van der Waals surface area contributed by atoms with E-state index < -0.39 is 11.7 Å². The van der Waals surface area contributed by atoms with Crippen molar-refractivity contribution >= 4 is 28.1 Å². The fraction of sp³-hybridized carbons (Fsp3) is 0.143. The number of nitrogens with zero attached hydrogens (tertiary/aromatic N) is 2. The topological polar surface area (TPSA) is 37.8 Å². The number of nitrogens with one attached hydrogen (secondary N) is 1. The van der Waals surface area contributed by atoms with E-state index >= 15 is 0 Å². The van der Waals surface area contributed by atoms with Gasteiger partial charge in [-0.15, -0.1) is 11.3 Å². The minimum absolute atomic E-state index is 0.552. The molecule has 2 aromatic heterocycles. The highest BCUT2D eigenvalue weighted by molar-refractivity contribution is 7.13. The Morgan fingerprint density at radius 1 is 0.893 bits per heavy atom. The van der Waals surface area contributed by atoms with Gasteiger partial charge in [-0.3, -0.25) is 0 Å². The van der Waals surface area contributed by atoms with E-state index in [0.717, 1.165) is 39.3 Å². The van der Waals surface area contributed by atoms with Crippen molar-refractivity contribution in [3.05, 3.63) is 77.2 Å². The van der Waals surface area contributed by atoms with Gasteiger partial charge in [-0.2, -0.15) is 13.2 Å². The van der Waals surface area contributed by atoms with E-state index in [1.165, 1.54) is 12.1 Å². The Morgan fingerprint density at radius 2 is 1.68 bits per heavy atom. The van der Waals surface area contributed by atoms with E-state index in [9.17, 15) is 13.2 Å². The number of anilines is 1. The molecule has 3 nitrogen and oxygen atoms in total. The Balaban J connectivity index is 1.53. The van der Waals surface area contributed by atoms with Gasteiger partial charge in [0.05, 0.1) is 16.0 Å². The fourth-order valence-electron chi connectivity index (χ4n) is 2.91. The number of aromatic nitrogens is 2. The Bertz CT molecular complexity index is 1070. The van der Waals surface area contributed by atoms with Crippen LogP contribution in [0.25, 0.3) is 21.6 Å². The Labute approximate surface area is 163 Å². The summed E-state index contributed by atoms with van der Waals surface area (Å²) in [6.07, 6.45) is -3.72. The first-order chi connectivity index (χ1) is 13.5. The maximum Gasteiger partial charge on any atom is 0.416 e. The number of hydrogen-bond acceptors (Lipinski definition) is 4. The van der Waals surface area contributed by atoms with Crippen LogP contribution >= 0.6 is 11.3 Å². The lowest BCUT2D eigenvalue weighted by molar-refractivity contribution is -0.137. The second-order valence-corrected chi connectivity index (χ2v) is 7.21. The molecule has 2 aromatic carbocycles. The lowest BCUT2D eigenvalue weighted by Gasteiger charge is -2.11. The highest BCUT2D eigenvalue weighted by atomic mass is 32.1. The highest BCUT2D eigenvalue weighted by Crippen LogP contribution is 2.29. The molecule has 4 aromatic rings.